The fraction of sp³-hybridized carbons (Fsp3) is 0.222. The molecule has 1 N–H and O–H groups in total. The second-order valence-electron chi connectivity index (χ2n) is 8.80. The van der Waals surface area contributed by atoms with Crippen LogP contribution in [0.15, 0.2) is 84.0 Å². The lowest BCUT2D eigenvalue weighted by Gasteiger charge is -2.32. The van der Waals surface area contributed by atoms with Gasteiger partial charge in [0.2, 0.25) is 0 Å². The van der Waals surface area contributed by atoms with Crippen LogP contribution in [0.2, 0.25) is 5.02 Å². The number of nitro benzene ring substituents is 1. The van der Waals surface area contributed by atoms with Crippen LogP contribution in [0.4, 0.5) is 5.69 Å². The summed E-state index contributed by atoms with van der Waals surface area (Å²) < 4.78 is 5.61. The number of carbonyl (C=O) groups is 1. The molecular weight excluding hydrogens is 637 g/mol. The average Bonchev–Trinajstić information content (AvgIpc) is 3.39. The van der Waals surface area contributed by atoms with E-state index in [9.17, 15) is 25.3 Å². The van der Waals surface area contributed by atoms with Crippen LogP contribution in [-0.2, 0) is 16.6 Å². The van der Waals surface area contributed by atoms with Crippen molar-refractivity contribution < 1.29 is 19.6 Å². The molecule has 0 spiro atoms. The van der Waals surface area contributed by atoms with Crippen molar-refractivity contribution in [2.75, 3.05) is 13.2 Å². The number of rotatable bonds is 11. The monoisotopic (exact) mass is 661 g/mol. The highest BCUT2D eigenvalue weighted by atomic mass is 127. The SMILES string of the molecule is I.N#CC(CCc1ccc(Cl)cc1)(CN1CN(C(Oc2ccc([N+](=O)[O-])cc2)C(=O)O)C=N1)c1ccccc1. The molecule has 202 valence electrons. The van der Waals surface area contributed by atoms with E-state index in [0.717, 1.165) is 11.1 Å². The topological polar surface area (TPSA) is 132 Å². The van der Waals surface area contributed by atoms with Gasteiger partial charge in [-0.3, -0.25) is 20.0 Å². The summed E-state index contributed by atoms with van der Waals surface area (Å²) in [5.41, 5.74) is 0.818. The van der Waals surface area contributed by atoms with Crippen LogP contribution >= 0.6 is 35.6 Å². The Bertz CT molecular complexity index is 1350. The van der Waals surface area contributed by atoms with Crippen LogP contribution in [0, 0.1) is 21.4 Å². The van der Waals surface area contributed by atoms with Gasteiger partial charge in [0, 0.05) is 17.2 Å². The van der Waals surface area contributed by atoms with Crippen molar-refractivity contribution >= 4 is 53.6 Å². The van der Waals surface area contributed by atoms with E-state index < -0.39 is 22.5 Å². The third-order valence-corrected chi connectivity index (χ3v) is 6.50. The van der Waals surface area contributed by atoms with Gasteiger partial charge in [0.15, 0.2) is 0 Å². The molecular formula is C27H25ClIN5O5. The number of ether oxygens (including phenoxy) is 1. The molecule has 3 aromatic rings. The van der Waals surface area contributed by atoms with E-state index in [1.165, 1.54) is 35.5 Å². The quantitative estimate of drug-likeness (QED) is 0.167. The molecule has 1 aliphatic rings. The van der Waals surface area contributed by atoms with Crippen LogP contribution in [0.5, 0.6) is 5.75 Å². The number of non-ortho nitro benzene ring substituents is 1. The molecule has 0 saturated carbocycles. The maximum absolute atomic E-state index is 12.0. The molecule has 2 unspecified atom stereocenters. The maximum Gasteiger partial charge on any atom is 0.366 e. The van der Waals surface area contributed by atoms with E-state index in [2.05, 4.69) is 11.2 Å². The highest BCUT2D eigenvalue weighted by Gasteiger charge is 2.38. The number of halogens is 2. The van der Waals surface area contributed by atoms with Crippen molar-refractivity contribution in [3.63, 3.8) is 0 Å². The van der Waals surface area contributed by atoms with E-state index in [1.54, 1.807) is 5.01 Å². The molecule has 12 heteroatoms. The van der Waals surface area contributed by atoms with Crippen LogP contribution in [-0.4, -0.2) is 51.7 Å². The smallest absolute Gasteiger partial charge is 0.366 e. The van der Waals surface area contributed by atoms with Crippen LogP contribution in [0.1, 0.15) is 17.5 Å². The van der Waals surface area contributed by atoms with E-state index in [-0.39, 0.29) is 48.6 Å². The zero-order valence-corrected chi connectivity index (χ0v) is 23.7. The zero-order chi connectivity index (χ0) is 27.1. The van der Waals surface area contributed by atoms with E-state index in [1.807, 2.05) is 54.6 Å². The predicted octanol–water partition coefficient (Wildman–Crippen LogP) is 5.27. The summed E-state index contributed by atoms with van der Waals surface area (Å²) in [7, 11) is 0. The molecule has 10 nitrogen and oxygen atoms in total. The number of hydrogen-bond acceptors (Lipinski definition) is 8. The first-order valence-corrected chi connectivity index (χ1v) is 12.1. The van der Waals surface area contributed by atoms with Crippen molar-refractivity contribution in [1.82, 2.24) is 9.91 Å². The molecule has 2 atom stereocenters. The standard InChI is InChI=1S/C27H24ClN5O5.HI/c28-22-8-6-20(7-9-22)14-15-27(16-29,21-4-2-1-3-5-21)17-32-19-31(18-30-32)25(26(34)35)38-24-12-10-23(11-13-24)33(36)37;/h1-13,18,25H,14-15,17,19H2,(H,34,35);1H. The Labute approximate surface area is 247 Å². The Kier molecular flexibility index (Phi) is 10.1. The molecule has 0 fully saturated rings. The number of benzene rings is 3. The fourth-order valence-corrected chi connectivity index (χ4v) is 4.34. The van der Waals surface area contributed by atoms with Crippen molar-refractivity contribution in [2.45, 2.75) is 24.5 Å². The Hall–Kier alpha value is -3.89. The van der Waals surface area contributed by atoms with Gasteiger partial charge in [-0.15, -0.1) is 24.0 Å². The average molecular weight is 662 g/mol. The number of aliphatic carboxylic acids is 1. The Morgan fingerprint density at radius 1 is 1.15 bits per heavy atom. The third kappa shape index (κ3) is 7.36. The Morgan fingerprint density at radius 3 is 2.41 bits per heavy atom. The summed E-state index contributed by atoms with van der Waals surface area (Å²) in [4.78, 5) is 23.7. The fourth-order valence-electron chi connectivity index (χ4n) is 4.21. The molecule has 0 aromatic heterocycles. The number of nitro groups is 1. The number of hydrazone groups is 1. The van der Waals surface area contributed by atoms with Crippen molar-refractivity contribution in [1.29, 1.82) is 5.26 Å². The Morgan fingerprint density at radius 2 is 1.82 bits per heavy atom. The molecule has 3 aromatic carbocycles. The molecule has 0 radical (unpaired) electrons. The first-order chi connectivity index (χ1) is 18.3. The van der Waals surface area contributed by atoms with Gasteiger partial charge in [-0.25, -0.2) is 4.79 Å². The highest BCUT2D eigenvalue weighted by Crippen LogP contribution is 2.32. The molecule has 1 aliphatic heterocycles. The van der Waals surface area contributed by atoms with Gasteiger partial charge >= 0.3 is 5.97 Å². The van der Waals surface area contributed by atoms with Crippen LogP contribution in [0.25, 0.3) is 0 Å². The molecule has 39 heavy (non-hydrogen) atoms. The number of aryl methyl sites for hydroxylation is 1. The Balaban J connectivity index is 0.00000420. The van der Waals surface area contributed by atoms with Gasteiger partial charge in [0.05, 0.1) is 17.5 Å². The zero-order valence-electron chi connectivity index (χ0n) is 20.6. The number of hydrogen-bond donors (Lipinski definition) is 1. The maximum atomic E-state index is 12.0. The molecule has 0 aliphatic carbocycles. The number of nitriles is 1. The normalized spacial score (nSPS) is 14.6. The second-order valence-corrected chi connectivity index (χ2v) is 9.23. The van der Waals surface area contributed by atoms with E-state index >= 15 is 0 Å². The molecule has 0 amide bonds. The first-order valence-electron chi connectivity index (χ1n) is 11.7. The lowest BCUT2D eigenvalue weighted by Crippen LogP contribution is -2.47. The number of nitrogens with zero attached hydrogens (tertiary/aromatic N) is 5. The number of carboxylic acid groups (broad SMARTS) is 1. The summed E-state index contributed by atoms with van der Waals surface area (Å²) in [6.45, 7) is 0.291. The first kappa shape index (κ1) is 29.7. The van der Waals surface area contributed by atoms with E-state index in [4.69, 9.17) is 16.3 Å². The summed E-state index contributed by atoms with van der Waals surface area (Å²) in [6.07, 6.45) is 1.06. The van der Waals surface area contributed by atoms with Crippen molar-refractivity contribution in [3.8, 4) is 11.8 Å². The third-order valence-electron chi connectivity index (χ3n) is 6.24. The minimum absolute atomic E-state index is 0. The summed E-state index contributed by atoms with van der Waals surface area (Å²) in [5.74, 6) is -1.09. The highest BCUT2D eigenvalue weighted by molar-refractivity contribution is 14.0. The summed E-state index contributed by atoms with van der Waals surface area (Å²) >= 11 is 6.01. The largest absolute Gasteiger partial charge is 0.477 e. The van der Waals surface area contributed by atoms with Gasteiger partial charge < -0.3 is 9.84 Å². The summed E-state index contributed by atoms with van der Waals surface area (Å²) in [6, 6.07) is 24.6. The molecule has 1 heterocycles. The molecule has 0 saturated heterocycles. The van der Waals surface area contributed by atoms with Crippen LogP contribution in [0.3, 0.4) is 0 Å². The molecule has 4 rings (SSSR count). The lowest BCUT2D eigenvalue weighted by molar-refractivity contribution is -0.384. The van der Waals surface area contributed by atoms with Gasteiger partial charge in [-0.05, 0) is 48.2 Å². The van der Waals surface area contributed by atoms with Crippen molar-refractivity contribution in [2.24, 2.45) is 5.10 Å². The van der Waals surface area contributed by atoms with Gasteiger partial charge in [-0.2, -0.15) is 10.4 Å². The second kappa shape index (κ2) is 13.3. The van der Waals surface area contributed by atoms with Gasteiger partial charge in [0.1, 0.15) is 24.2 Å². The van der Waals surface area contributed by atoms with Crippen molar-refractivity contribution in [3.05, 3.63) is 105 Å². The minimum atomic E-state index is -1.42. The van der Waals surface area contributed by atoms with Gasteiger partial charge in [0.25, 0.3) is 11.9 Å². The summed E-state index contributed by atoms with van der Waals surface area (Å²) in [5, 5.41) is 37.7. The van der Waals surface area contributed by atoms with Gasteiger partial charge in [-0.1, -0.05) is 54.1 Å². The van der Waals surface area contributed by atoms with Crippen LogP contribution < -0.4 is 4.74 Å². The number of carboxylic acids is 1. The molecule has 0 bridgehead atoms. The van der Waals surface area contributed by atoms with E-state index in [0.29, 0.717) is 17.9 Å². The minimum Gasteiger partial charge on any atom is -0.477 e. The predicted molar refractivity (Wildman–Crippen MR) is 156 cm³/mol. The lowest BCUT2D eigenvalue weighted by atomic mass is 9.77.